The van der Waals surface area contributed by atoms with Crippen molar-refractivity contribution < 1.29 is 19.3 Å². The lowest BCUT2D eigenvalue weighted by Gasteiger charge is -2.16. The molecule has 0 aliphatic carbocycles. The molecule has 0 radical (unpaired) electrons. The molecule has 0 aliphatic heterocycles. The fraction of sp³-hybridized carbons (Fsp3) is 0.294. The largest absolute Gasteiger partial charge is 0.497 e. The number of methoxy groups -OCH3 is 2. The zero-order valence-electron chi connectivity index (χ0n) is 12.5. The van der Waals surface area contributed by atoms with Gasteiger partial charge in [-0.1, -0.05) is 11.6 Å². The number of ether oxygens (including phenoxy) is 3. The van der Waals surface area contributed by atoms with Crippen LogP contribution in [0.3, 0.4) is 0 Å². The first kappa shape index (κ1) is 15.2. The summed E-state index contributed by atoms with van der Waals surface area (Å²) in [6, 6.07) is 12.9. The van der Waals surface area contributed by atoms with Crippen molar-refractivity contribution in [2.45, 2.75) is 13.0 Å². The van der Waals surface area contributed by atoms with Crippen LogP contribution in [0.2, 0.25) is 0 Å². The van der Waals surface area contributed by atoms with Gasteiger partial charge in [0.1, 0.15) is 30.0 Å². The van der Waals surface area contributed by atoms with Gasteiger partial charge < -0.3 is 19.3 Å². The summed E-state index contributed by atoms with van der Waals surface area (Å²) in [6.07, 6.45) is -0.748. The van der Waals surface area contributed by atoms with Gasteiger partial charge in [0.25, 0.3) is 0 Å². The average molecular weight is 288 g/mol. The van der Waals surface area contributed by atoms with E-state index in [1.165, 1.54) is 0 Å². The molecule has 1 unspecified atom stereocenters. The molecular weight excluding hydrogens is 268 g/mol. The van der Waals surface area contributed by atoms with Crippen molar-refractivity contribution in [2.24, 2.45) is 0 Å². The van der Waals surface area contributed by atoms with Crippen molar-refractivity contribution in [3.8, 4) is 17.2 Å². The van der Waals surface area contributed by atoms with Gasteiger partial charge in [0.05, 0.1) is 14.2 Å². The molecule has 21 heavy (non-hydrogen) atoms. The van der Waals surface area contributed by atoms with Gasteiger partial charge >= 0.3 is 0 Å². The molecule has 0 spiro atoms. The molecule has 0 aliphatic rings. The first-order valence-electron chi connectivity index (χ1n) is 6.73. The zero-order valence-corrected chi connectivity index (χ0v) is 12.5. The van der Waals surface area contributed by atoms with E-state index in [9.17, 15) is 5.11 Å². The molecule has 2 rings (SSSR count). The van der Waals surface area contributed by atoms with Crippen molar-refractivity contribution in [1.82, 2.24) is 0 Å². The number of aliphatic hydroxyl groups is 1. The number of rotatable bonds is 6. The van der Waals surface area contributed by atoms with E-state index >= 15 is 0 Å². The Balaban J connectivity index is 2.03. The van der Waals surface area contributed by atoms with Crippen molar-refractivity contribution >= 4 is 0 Å². The molecule has 2 aromatic carbocycles. The fourth-order valence-corrected chi connectivity index (χ4v) is 2.05. The average Bonchev–Trinajstić information content (AvgIpc) is 2.53. The van der Waals surface area contributed by atoms with E-state index in [2.05, 4.69) is 0 Å². The summed E-state index contributed by atoms with van der Waals surface area (Å²) in [5, 5.41) is 10.3. The summed E-state index contributed by atoms with van der Waals surface area (Å²) < 4.78 is 16.0. The second kappa shape index (κ2) is 6.99. The predicted octanol–water partition coefficient (Wildman–Crippen LogP) is 3.12. The van der Waals surface area contributed by atoms with Crippen molar-refractivity contribution in [1.29, 1.82) is 0 Å². The van der Waals surface area contributed by atoms with Gasteiger partial charge in [0, 0.05) is 5.56 Å². The molecule has 0 saturated carbocycles. The van der Waals surface area contributed by atoms with Crippen LogP contribution < -0.4 is 14.2 Å². The molecule has 4 heteroatoms. The third kappa shape index (κ3) is 3.89. The fourth-order valence-electron chi connectivity index (χ4n) is 2.05. The van der Waals surface area contributed by atoms with E-state index in [4.69, 9.17) is 14.2 Å². The summed E-state index contributed by atoms with van der Waals surface area (Å²) >= 11 is 0. The van der Waals surface area contributed by atoms with E-state index in [1.807, 2.05) is 37.3 Å². The first-order chi connectivity index (χ1) is 10.1. The summed E-state index contributed by atoms with van der Waals surface area (Å²) in [5.41, 5.74) is 1.79. The summed E-state index contributed by atoms with van der Waals surface area (Å²) in [7, 11) is 3.20. The molecule has 0 saturated heterocycles. The quantitative estimate of drug-likeness (QED) is 0.887. The van der Waals surface area contributed by atoms with Crippen LogP contribution in [0.1, 0.15) is 17.2 Å². The third-order valence-corrected chi connectivity index (χ3v) is 3.21. The monoisotopic (exact) mass is 288 g/mol. The molecule has 0 bridgehead atoms. The Morgan fingerprint density at radius 3 is 2.24 bits per heavy atom. The summed E-state index contributed by atoms with van der Waals surface area (Å²) in [6.45, 7) is 2.13. The number of aliphatic hydroxyl groups excluding tert-OH is 1. The maximum atomic E-state index is 10.3. The molecule has 4 nitrogen and oxygen atoms in total. The molecule has 0 heterocycles. The minimum atomic E-state index is -0.748. The number of aryl methyl sites for hydroxylation is 1. The normalized spacial score (nSPS) is 11.8. The zero-order chi connectivity index (χ0) is 15.2. The van der Waals surface area contributed by atoms with Crippen LogP contribution in [0.15, 0.2) is 42.5 Å². The Labute approximate surface area is 124 Å². The van der Waals surface area contributed by atoms with Crippen LogP contribution in [0.25, 0.3) is 0 Å². The van der Waals surface area contributed by atoms with Gasteiger partial charge in [0.15, 0.2) is 0 Å². The molecular formula is C17H20O4. The van der Waals surface area contributed by atoms with Crippen molar-refractivity contribution in [3.63, 3.8) is 0 Å². The lowest BCUT2D eigenvalue weighted by Crippen LogP contribution is -2.11. The lowest BCUT2D eigenvalue weighted by molar-refractivity contribution is 0.105. The van der Waals surface area contributed by atoms with Crippen LogP contribution in [-0.2, 0) is 0 Å². The van der Waals surface area contributed by atoms with Crippen LogP contribution in [0, 0.1) is 6.92 Å². The van der Waals surface area contributed by atoms with Crippen LogP contribution in [-0.4, -0.2) is 25.9 Å². The van der Waals surface area contributed by atoms with Gasteiger partial charge in [-0.2, -0.15) is 0 Å². The Kier molecular flexibility index (Phi) is 5.06. The van der Waals surface area contributed by atoms with E-state index < -0.39 is 6.10 Å². The third-order valence-electron chi connectivity index (χ3n) is 3.21. The van der Waals surface area contributed by atoms with Crippen LogP contribution in [0.4, 0.5) is 0 Å². The van der Waals surface area contributed by atoms with Crippen LogP contribution >= 0.6 is 0 Å². The standard InChI is InChI=1S/C17H20O4/c1-12-4-9-17(20-3)15(10-12)16(18)11-21-14-7-5-13(19-2)6-8-14/h4-10,16,18H,11H2,1-3H3. The Morgan fingerprint density at radius 2 is 1.62 bits per heavy atom. The summed E-state index contributed by atoms with van der Waals surface area (Å²) in [4.78, 5) is 0. The number of benzene rings is 2. The maximum absolute atomic E-state index is 10.3. The van der Waals surface area contributed by atoms with E-state index in [-0.39, 0.29) is 6.61 Å². The van der Waals surface area contributed by atoms with Crippen LogP contribution in [0.5, 0.6) is 17.2 Å². The highest BCUT2D eigenvalue weighted by Gasteiger charge is 2.14. The van der Waals surface area contributed by atoms with Gasteiger partial charge in [0.2, 0.25) is 0 Å². The molecule has 0 fully saturated rings. The molecule has 112 valence electrons. The second-order valence-electron chi connectivity index (χ2n) is 4.75. The molecule has 0 aromatic heterocycles. The van der Waals surface area contributed by atoms with Gasteiger partial charge in [-0.25, -0.2) is 0 Å². The van der Waals surface area contributed by atoms with Gasteiger partial charge in [-0.05, 0) is 43.3 Å². The topological polar surface area (TPSA) is 47.9 Å². The molecule has 2 aromatic rings. The Hall–Kier alpha value is -2.20. The summed E-state index contributed by atoms with van der Waals surface area (Å²) in [5.74, 6) is 2.11. The Morgan fingerprint density at radius 1 is 0.952 bits per heavy atom. The minimum absolute atomic E-state index is 0.159. The molecule has 1 N–H and O–H groups in total. The number of hydrogen-bond donors (Lipinski definition) is 1. The highest BCUT2D eigenvalue weighted by Crippen LogP contribution is 2.27. The second-order valence-corrected chi connectivity index (χ2v) is 4.75. The minimum Gasteiger partial charge on any atom is -0.497 e. The van der Waals surface area contributed by atoms with Crippen molar-refractivity contribution in [2.75, 3.05) is 20.8 Å². The SMILES string of the molecule is COc1ccc(OCC(O)c2cc(C)ccc2OC)cc1. The van der Waals surface area contributed by atoms with E-state index in [0.29, 0.717) is 11.5 Å². The van der Waals surface area contributed by atoms with Gasteiger partial charge in [-0.15, -0.1) is 0 Å². The van der Waals surface area contributed by atoms with E-state index in [1.54, 1.807) is 26.4 Å². The van der Waals surface area contributed by atoms with Crippen molar-refractivity contribution in [3.05, 3.63) is 53.6 Å². The highest BCUT2D eigenvalue weighted by atomic mass is 16.5. The maximum Gasteiger partial charge on any atom is 0.124 e. The number of hydrogen-bond acceptors (Lipinski definition) is 4. The highest BCUT2D eigenvalue weighted by molar-refractivity contribution is 5.38. The predicted molar refractivity (Wildman–Crippen MR) is 81.2 cm³/mol. The lowest BCUT2D eigenvalue weighted by atomic mass is 10.1. The first-order valence-corrected chi connectivity index (χ1v) is 6.73. The Bertz CT molecular complexity index is 578. The van der Waals surface area contributed by atoms with E-state index in [0.717, 1.165) is 16.9 Å². The molecule has 0 amide bonds. The molecule has 1 atom stereocenters. The smallest absolute Gasteiger partial charge is 0.124 e. The van der Waals surface area contributed by atoms with Gasteiger partial charge in [-0.3, -0.25) is 0 Å².